The molecule has 0 aromatic heterocycles. The van der Waals surface area contributed by atoms with Crippen LogP contribution in [0.2, 0.25) is 0 Å². The quantitative estimate of drug-likeness (QED) is 0.155. The Bertz CT molecular complexity index is 1770. The minimum atomic E-state index is -0.624. The topological polar surface area (TPSA) is 0 Å². The van der Waals surface area contributed by atoms with Crippen LogP contribution in [0.1, 0.15) is 48.6 Å². The third kappa shape index (κ3) is 7.47. The van der Waals surface area contributed by atoms with E-state index in [2.05, 4.69) is 186 Å². The molecule has 2 heteroatoms. The van der Waals surface area contributed by atoms with E-state index in [0.29, 0.717) is 0 Å². The van der Waals surface area contributed by atoms with Crippen molar-refractivity contribution >= 4 is 21.8 Å². The molecule has 0 heterocycles. The minimum Gasteiger partial charge on any atom is -0.173 e. The number of aryl methyl sites for hydroxylation is 2. The first-order valence-electron chi connectivity index (χ1n) is 15.8. The fourth-order valence-electron chi connectivity index (χ4n) is 5.73. The van der Waals surface area contributed by atoms with E-state index in [4.69, 9.17) is 0 Å². The Hall–Kier alpha value is -3.98. The first kappa shape index (κ1) is 31.0. The van der Waals surface area contributed by atoms with Gasteiger partial charge in [0.25, 0.3) is 0 Å². The molecule has 1 atom stereocenters. The monoisotopic (exact) mass is 624 g/mol. The van der Waals surface area contributed by atoms with Crippen LogP contribution in [0.4, 0.5) is 0 Å². The molecule has 45 heavy (non-hydrogen) atoms. The summed E-state index contributed by atoms with van der Waals surface area (Å²) in [6.45, 7) is 11.2. The SMILES string of the molecule is Cc1ccc([SH](c2ccc(C)cc2)c2ccc(Cc3ccc([SH](c4ccccc4)c4ccc(C(C)(C)C)cc4)cc3)cc2)cc1. The highest BCUT2D eigenvalue weighted by Crippen LogP contribution is 2.52. The summed E-state index contributed by atoms with van der Waals surface area (Å²) in [5, 5.41) is 0. The molecule has 0 aliphatic rings. The molecule has 0 aliphatic carbocycles. The van der Waals surface area contributed by atoms with Gasteiger partial charge in [0.15, 0.2) is 0 Å². The van der Waals surface area contributed by atoms with Crippen LogP contribution in [0.3, 0.4) is 0 Å². The summed E-state index contributed by atoms with van der Waals surface area (Å²) >= 11 is 0. The molecule has 0 bridgehead atoms. The summed E-state index contributed by atoms with van der Waals surface area (Å²) in [5.41, 5.74) is 6.81. The molecule has 0 fully saturated rings. The molecule has 0 saturated heterocycles. The molecule has 0 saturated carbocycles. The van der Waals surface area contributed by atoms with Crippen LogP contribution in [-0.2, 0) is 11.8 Å². The Kier molecular flexibility index (Phi) is 9.35. The van der Waals surface area contributed by atoms with Gasteiger partial charge in [0.1, 0.15) is 0 Å². The molecule has 6 aromatic carbocycles. The van der Waals surface area contributed by atoms with Crippen molar-refractivity contribution in [2.75, 3.05) is 0 Å². The summed E-state index contributed by atoms with van der Waals surface area (Å²) in [5.74, 6) is 0. The van der Waals surface area contributed by atoms with Gasteiger partial charge < -0.3 is 0 Å². The Morgan fingerprint density at radius 2 is 0.689 bits per heavy atom. The Morgan fingerprint density at radius 1 is 0.378 bits per heavy atom. The van der Waals surface area contributed by atoms with Gasteiger partial charge in [0.05, 0.1) is 0 Å². The fraction of sp³-hybridized carbons (Fsp3) is 0.163. The average Bonchev–Trinajstić information content (AvgIpc) is 3.05. The van der Waals surface area contributed by atoms with Gasteiger partial charge in [-0.25, -0.2) is 0 Å². The second-order valence-electron chi connectivity index (χ2n) is 13.0. The van der Waals surface area contributed by atoms with Crippen molar-refractivity contribution in [3.63, 3.8) is 0 Å². The Balaban J connectivity index is 1.24. The number of hydrogen-bond acceptors (Lipinski definition) is 0. The number of benzene rings is 6. The molecule has 0 spiro atoms. The zero-order chi connectivity index (χ0) is 31.4. The molecule has 6 aromatic rings. The van der Waals surface area contributed by atoms with Gasteiger partial charge in [-0.3, -0.25) is 0 Å². The van der Waals surface area contributed by atoms with E-state index in [0.717, 1.165) is 6.42 Å². The van der Waals surface area contributed by atoms with Gasteiger partial charge in [-0.1, -0.05) is 111 Å². The van der Waals surface area contributed by atoms with Gasteiger partial charge in [0, 0.05) is 0 Å². The lowest BCUT2D eigenvalue weighted by atomic mass is 9.87. The standard InChI is InChI=1S/C43H44S2/c1-32-11-21-38(22-12-32)45(39-23-13-33(2)14-24-39)41-27-17-35(18-28-41)31-34-15-25-40(26-16-34)44(37-9-7-6-8-10-37)42-29-19-36(20-30-42)43(3,4)5/h6-30,44-45H,31H2,1-5H3. The number of hydrogen-bond donors (Lipinski definition) is 2. The Labute approximate surface area is 275 Å². The van der Waals surface area contributed by atoms with Crippen molar-refractivity contribution in [3.8, 4) is 0 Å². The average molecular weight is 625 g/mol. The van der Waals surface area contributed by atoms with Crippen molar-refractivity contribution in [1.29, 1.82) is 0 Å². The van der Waals surface area contributed by atoms with E-state index < -0.39 is 21.8 Å². The van der Waals surface area contributed by atoms with E-state index in [1.54, 1.807) is 0 Å². The smallest absolute Gasteiger partial charge is 0.00257 e. The molecule has 0 amide bonds. The third-order valence-corrected chi connectivity index (χ3v) is 13.3. The van der Waals surface area contributed by atoms with Crippen molar-refractivity contribution in [2.45, 2.75) is 75.8 Å². The van der Waals surface area contributed by atoms with Crippen LogP contribution in [0.25, 0.3) is 0 Å². The van der Waals surface area contributed by atoms with Crippen molar-refractivity contribution in [3.05, 3.63) is 179 Å². The zero-order valence-electron chi connectivity index (χ0n) is 27.0. The zero-order valence-corrected chi connectivity index (χ0v) is 28.8. The molecule has 1 unspecified atom stereocenters. The maximum atomic E-state index is 2.36. The van der Waals surface area contributed by atoms with Gasteiger partial charge in [-0.2, -0.15) is 21.8 Å². The highest BCUT2D eigenvalue weighted by atomic mass is 32.2. The van der Waals surface area contributed by atoms with E-state index >= 15 is 0 Å². The first-order chi connectivity index (χ1) is 21.7. The van der Waals surface area contributed by atoms with Crippen molar-refractivity contribution in [1.82, 2.24) is 0 Å². The van der Waals surface area contributed by atoms with Gasteiger partial charge >= 0.3 is 0 Å². The second kappa shape index (κ2) is 13.6. The van der Waals surface area contributed by atoms with Crippen LogP contribution in [-0.4, -0.2) is 0 Å². The molecule has 0 nitrogen and oxygen atoms in total. The fourth-order valence-corrected chi connectivity index (χ4v) is 10.2. The van der Waals surface area contributed by atoms with Crippen molar-refractivity contribution in [2.24, 2.45) is 0 Å². The van der Waals surface area contributed by atoms with Crippen LogP contribution < -0.4 is 0 Å². The third-order valence-electron chi connectivity index (χ3n) is 8.39. The highest BCUT2D eigenvalue weighted by Gasteiger charge is 2.17. The minimum absolute atomic E-state index is 0.150. The number of rotatable bonds is 8. The lowest BCUT2D eigenvalue weighted by molar-refractivity contribution is 0.589. The van der Waals surface area contributed by atoms with Crippen LogP contribution in [0.15, 0.2) is 181 Å². The number of thiol groups is 2. The molecule has 0 aliphatic heterocycles. The molecular weight excluding hydrogens is 581 g/mol. The summed E-state index contributed by atoms with van der Waals surface area (Å²) in [7, 11) is -1.23. The van der Waals surface area contributed by atoms with Gasteiger partial charge in [-0.15, -0.1) is 0 Å². The predicted molar refractivity (Wildman–Crippen MR) is 197 cm³/mol. The first-order valence-corrected chi connectivity index (χ1v) is 18.5. The summed E-state index contributed by atoms with van der Waals surface area (Å²) in [6, 6.07) is 57.2. The highest BCUT2D eigenvalue weighted by molar-refractivity contribution is 8.17. The largest absolute Gasteiger partial charge is 0.173 e. The Morgan fingerprint density at radius 3 is 1.04 bits per heavy atom. The van der Waals surface area contributed by atoms with Crippen LogP contribution >= 0.6 is 21.8 Å². The van der Waals surface area contributed by atoms with E-state index in [1.165, 1.54) is 57.2 Å². The van der Waals surface area contributed by atoms with Crippen LogP contribution in [0, 0.1) is 13.8 Å². The summed E-state index contributed by atoms with van der Waals surface area (Å²) < 4.78 is 0. The van der Waals surface area contributed by atoms with E-state index in [-0.39, 0.29) is 5.41 Å². The van der Waals surface area contributed by atoms with Crippen LogP contribution in [0.5, 0.6) is 0 Å². The van der Waals surface area contributed by atoms with E-state index in [1.807, 2.05) is 0 Å². The normalized spacial score (nSPS) is 12.9. The lowest BCUT2D eigenvalue weighted by Crippen LogP contribution is -2.10. The van der Waals surface area contributed by atoms with Gasteiger partial charge in [0.2, 0.25) is 0 Å². The van der Waals surface area contributed by atoms with Crippen molar-refractivity contribution < 1.29 is 0 Å². The second-order valence-corrected chi connectivity index (χ2v) is 17.4. The molecular formula is C43H44S2. The summed E-state index contributed by atoms with van der Waals surface area (Å²) in [6.07, 6.45) is 0.928. The maximum Gasteiger partial charge on any atom is -0.00257 e. The maximum absolute atomic E-state index is 2.36. The van der Waals surface area contributed by atoms with Gasteiger partial charge in [-0.05, 0) is 145 Å². The predicted octanol–water partition coefficient (Wildman–Crippen LogP) is 12.1. The summed E-state index contributed by atoms with van der Waals surface area (Å²) in [4.78, 5) is 8.35. The van der Waals surface area contributed by atoms with E-state index in [9.17, 15) is 0 Å². The molecule has 6 rings (SSSR count). The molecule has 0 N–H and O–H groups in total. The molecule has 228 valence electrons. The lowest BCUT2D eigenvalue weighted by Gasteiger charge is -2.25. The molecule has 0 radical (unpaired) electrons.